The third-order valence-electron chi connectivity index (χ3n) is 4.09. The SMILES string of the molecule is O=C(Nc1cnn(COCC(F)(F)F)c1)c1ccc(CN2CCCCC2)o1. The highest BCUT2D eigenvalue weighted by Crippen LogP contribution is 2.17. The number of piperidine rings is 1. The van der Waals surface area contributed by atoms with Crippen molar-refractivity contribution < 1.29 is 27.1 Å². The predicted octanol–water partition coefficient (Wildman–Crippen LogP) is 3.25. The molecule has 1 N–H and O–H groups in total. The average molecular weight is 386 g/mol. The van der Waals surface area contributed by atoms with Crippen LogP contribution in [0.1, 0.15) is 35.6 Å². The zero-order valence-corrected chi connectivity index (χ0v) is 14.7. The molecule has 2 aromatic heterocycles. The molecule has 0 radical (unpaired) electrons. The third-order valence-corrected chi connectivity index (χ3v) is 4.09. The summed E-state index contributed by atoms with van der Waals surface area (Å²) in [5.74, 6) is 0.442. The highest BCUT2D eigenvalue weighted by molar-refractivity contribution is 6.02. The van der Waals surface area contributed by atoms with Crippen molar-refractivity contribution in [3.05, 3.63) is 36.0 Å². The topological polar surface area (TPSA) is 72.5 Å². The van der Waals surface area contributed by atoms with Gasteiger partial charge in [-0.1, -0.05) is 6.42 Å². The predicted molar refractivity (Wildman–Crippen MR) is 90.0 cm³/mol. The quantitative estimate of drug-likeness (QED) is 0.791. The van der Waals surface area contributed by atoms with Gasteiger partial charge < -0.3 is 14.5 Å². The second-order valence-electron chi connectivity index (χ2n) is 6.42. The lowest BCUT2D eigenvalue weighted by Crippen LogP contribution is -2.28. The minimum absolute atomic E-state index is 0.170. The maximum absolute atomic E-state index is 12.2. The molecule has 148 valence electrons. The second kappa shape index (κ2) is 8.57. The fraction of sp³-hybridized carbons (Fsp3) is 0.529. The van der Waals surface area contributed by atoms with E-state index in [1.54, 1.807) is 12.1 Å². The fourth-order valence-corrected chi connectivity index (χ4v) is 2.87. The standard InChI is InChI=1S/C17H21F3N4O3/c18-17(19,20)11-26-12-24-9-13(8-21-24)22-16(25)15-5-4-14(27-15)10-23-6-2-1-3-7-23/h4-5,8-9H,1-3,6-7,10-12H2,(H,22,25). The molecule has 0 saturated carbocycles. The number of anilines is 1. The molecule has 1 fully saturated rings. The number of likely N-dealkylation sites (tertiary alicyclic amines) is 1. The van der Waals surface area contributed by atoms with Gasteiger partial charge in [-0.2, -0.15) is 18.3 Å². The number of furan rings is 1. The molecular weight excluding hydrogens is 365 g/mol. The number of amides is 1. The molecule has 0 aromatic carbocycles. The summed E-state index contributed by atoms with van der Waals surface area (Å²) < 4.78 is 47.4. The van der Waals surface area contributed by atoms with Crippen LogP contribution in [0.3, 0.4) is 0 Å². The highest BCUT2D eigenvalue weighted by atomic mass is 19.4. The molecule has 7 nitrogen and oxygen atoms in total. The van der Waals surface area contributed by atoms with Crippen molar-refractivity contribution in [1.29, 1.82) is 0 Å². The fourth-order valence-electron chi connectivity index (χ4n) is 2.87. The van der Waals surface area contributed by atoms with Gasteiger partial charge >= 0.3 is 6.18 Å². The summed E-state index contributed by atoms with van der Waals surface area (Å²) in [6.45, 7) is 0.994. The molecule has 2 aromatic rings. The van der Waals surface area contributed by atoms with Gasteiger partial charge in [0.25, 0.3) is 5.91 Å². The van der Waals surface area contributed by atoms with E-state index >= 15 is 0 Å². The maximum Gasteiger partial charge on any atom is 0.411 e. The Bertz CT molecular complexity index is 751. The molecule has 1 amide bonds. The lowest BCUT2D eigenvalue weighted by Gasteiger charge is -2.25. The minimum atomic E-state index is -4.39. The molecule has 1 saturated heterocycles. The molecule has 27 heavy (non-hydrogen) atoms. The molecule has 1 aliphatic heterocycles. The lowest BCUT2D eigenvalue weighted by atomic mass is 10.1. The van der Waals surface area contributed by atoms with Crippen LogP contribution >= 0.6 is 0 Å². The van der Waals surface area contributed by atoms with E-state index in [9.17, 15) is 18.0 Å². The number of carbonyl (C=O) groups excluding carboxylic acids is 1. The van der Waals surface area contributed by atoms with Gasteiger partial charge in [-0.15, -0.1) is 0 Å². The summed E-state index contributed by atoms with van der Waals surface area (Å²) in [7, 11) is 0. The number of nitrogens with one attached hydrogen (secondary N) is 1. The zero-order chi connectivity index (χ0) is 19.3. The summed E-state index contributed by atoms with van der Waals surface area (Å²) in [6.07, 6.45) is 1.90. The number of nitrogens with zero attached hydrogens (tertiary/aromatic N) is 3. The van der Waals surface area contributed by atoms with Gasteiger partial charge in [0.15, 0.2) is 5.76 Å². The van der Waals surface area contributed by atoms with Gasteiger partial charge in [-0.3, -0.25) is 9.69 Å². The lowest BCUT2D eigenvalue weighted by molar-refractivity contribution is -0.182. The Morgan fingerprint density at radius 3 is 2.78 bits per heavy atom. The molecule has 3 rings (SSSR count). The number of alkyl halides is 3. The Morgan fingerprint density at radius 1 is 1.26 bits per heavy atom. The monoisotopic (exact) mass is 386 g/mol. The van der Waals surface area contributed by atoms with Crippen molar-refractivity contribution in [3.8, 4) is 0 Å². The Labute approximate surface area is 154 Å². The van der Waals surface area contributed by atoms with E-state index in [1.807, 2.05) is 0 Å². The van der Waals surface area contributed by atoms with Crippen LogP contribution in [0.4, 0.5) is 18.9 Å². The van der Waals surface area contributed by atoms with Crippen LogP contribution in [0.5, 0.6) is 0 Å². The van der Waals surface area contributed by atoms with Crippen molar-refractivity contribution in [2.45, 2.75) is 38.7 Å². The first-order chi connectivity index (χ1) is 12.9. The average Bonchev–Trinajstić information content (AvgIpc) is 3.24. The van der Waals surface area contributed by atoms with Crippen LogP contribution in [0.15, 0.2) is 28.9 Å². The normalized spacial score (nSPS) is 15.8. The number of ether oxygens (including phenoxy) is 1. The van der Waals surface area contributed by atoms with Crippen LogP contribution in [0.2, 0.25) is 0 Å². The maximum atomic E-state index is 12.2. The Kier molecular flexibility index (Phi) is 6.17. The molecule has 0 aliphatic carbocycles. The highest BCUT2D eigenvalue weighted by Gasteiger charge is 2.27. The van der Waals surface area contributed by atoms with Crippen LogP contribution in [-0.2, 0) is 18.0 Å². The van der Waals surface area contributed by atoms with Gasteiger partial charge in [0.1, 0.15) is 19.1 Å². The molecular formula is C17H21F3N4O3. The Morgan fingerprint density at radius 2 is 2.04 bits per heavy atom. The number of hydrogen-bond acceptors (Lipinski definition) is 5. The van der Waals surface area contributed by atoms with Crippen LogP contribution < -0.4 is 5.32 Å². The van der Waals surface area contributed by atoms with E-state index < -0.39 is 18.7 Å². The largest absolute Gasteiger partial charge is 0.455 e. The van der Waals surface area contributed by atoms with Gasteiger partial charge in [-0.05, 0) is 38.1 Å². The summed E-state index contributed by atoms with van der Waals surface area (Å²) in [5.41, 5.74) is 0.338. The van der Waals surface area contributed by atoms with Crippen molar-refractivity contribution in [2.24, 2.45) is 0 Å². The number of carbonyl (C=O) groups is 1. The van der Waals surface area contributed by atoms with E-state index in [0.717, 1.165) is 23.5 Å². The molecule has 1 aliphatic rings. The van der Waals surface area contributed by atoms with Crippen molar-refractivity contribution >= 4 is 11.6 Å². The molecule has 10 heteroatoms. The molecule has 0 atom stereocenters. The summed E-state index contributed by atoms with van der Waals surface area (Å²) in [6, 6.07) is 3.38. The van der Waals surface area contributed by atoms with E-state index in [-0.39, 0.29) is 12.5 Å². The van der Waals surface area contributed by atoms with E-state index in [1.165, 1.54) is 31.7 Å². The van der Waals surface area contributed by atoms with E-state index in [4.69, 9.17) is 4.42 Å². The summed E-state index contributed by atoms with van der Waals surface area (Å²) >= 11 is 0. The second-order valence-corrected chi connectivity index (χ2v) is 6.42. The first kappa shape index (κ1) is 19.4. The van der Waals surface area contributed by atoms with Crippen LogP contribution in [0.25, 0.3) is 0 Å². The first-order valence-electron chi connectivity index (χ1n) is 8.68. The van der Waals surface area contributed by atoms with Crippen LogP contribution in [0, 0.1) is 0 Å². The number of rotatable bonds is 7. The van der Waals surface area contributed by atoms with Gasteiger partial charge in [0, 0.05) is 0 Å². The number of aromatic nitrogens is 2. The van der Waals surface area contributed by atoms with E-state index in [0.29, 0.717) is 12.2 Å². The Balaban J connectivity index is 1.49. The molecule has 3 heterocycles. The third kappa shape index (κ3) is 6.10. The molecule has 0 unspecified atom stereocenters. The van der Waals surface area contributed by atoms with Crippen molar-refractivity contribution in [3.63, 3.8) is 0 Å². The zero-order valence-electron chi connectivity index (χ0n) is 14.7. The van der Waals surface area contributed by atoms with Crippen LogP contribution in [-0.4, -0.2) is 46.5 Å². The first-order valence-corrected chi connectivity index (χ1v) is 8.68. The van der Waals surface area contributed by atoms with Crippen molar-refractivity contribution in [1.82, 2.24) is 14.7 Å². The minimum Gasteiger partial charge on any atom is -0.455 e. The van der Waals surface area contributed by atoms with Gasteiger partial charge in [0.05, 0.1) is 24.6 Å². The van der Waals surface area contributed by atoms with Crippen molar-refractivity contribution in [2.75, 3.05) is 25.0 Å². The molecule has 0 bridgehead atoms. The number of halogens is 3. The van der Waals surface area contributed by atoms with E-state index in [2.05, 4.69) is 20.1 Å². The summed E-state index contributed by atoms with van der Waals surface area (Å²) in [4.78, 5) is 14.5. The molecule has 0 spiro atoms. The van der Waals surface area contributed by atoms with Gasteiger partial charge in [0.2, 0.25) is 0 Å². The Hall–Kier alpha value is -2.33. The smallest absolute Gasteiger partial charge is 0.411 e. The summed E-state index contributed by atoms with van der Waals surface area (Å²) in [5, 5.41) is 6.43. The number of hydrogen-bond donors (Lipinski definition) is 1. The van der Waals surface area contributed by atoms with Gasteiger partial charge in [-0.25, -0.2) is 4.68 Å².